The number of nitrogens with zero attached hydrogens (tertiary/aromatic N) is 1. The first kappa shape index (κ1) is 30.3. The number of nitrogens with one attached hydrogen (secondary N) is 2. The fourth-order valence-electron chi connectivity index (χ4n) is 6.96. The van der Waals surface area contributed by atoms with E-state index in [0.717, 1.165) is 47.9 Å². The van der Waals surface area contributed by atoms with Crippen LogP contribution in [0.5, 0.6) is 5.75 Å². The summed E-state index contributed by atoms with van der Waals surface area (Å²) in [7, 11) is -3.77. The first-order chi connectivity index (χ1) is 21.1. The molecule has 232 valence electrons. The Labute approximate surface area is 257 Å². The number of sulfone groups is 1. The van der Waals surface area contributed by atoms with Crippen molar-refractivity contribution >= 4 is 21.7 Å². The summed E-state index contributed by atoms with van der Waals surface area (Å²) in [5.41, 5.74) is 3.50. The molecule has 2 amide bonds. The maximum atomic E-state index is 15.2. The molecule has 2 N–H and O–H groups in total. The maximum Gasteiger partial charge on any atom is 0.254 e. The summed E-state index contributed by atoms with van der Waals surface area (Å²) in [6.07, 6.45) is 3.48. The number of hydrogen-bond acceptors (Lipinski definition) is 6. The average molecular weight is 620 g/mol. The lowest BCUT2D eigenvalue weighted by molar-refractivity contribution is 0.0731. The Bertz CT molecular complexity index is 1680. The molecule has 2 heterocycles. The van der Waals surface area contributed by atoms with Crippen molar-refractivity contribution in [1.82, 2.24) is 15.5 Å². The lowest BCUT2D eigenvalue weighted by atomic mass is 10.00. The van der Waals surface area contributed by atoms with Crippen LogP contribution >= 0.6 is 0 Å². The molecule has 6 rings (SSSR count). The summed E-state index contributed by atoms with van der Waals surface area (Å²) in [5.74, 6) is 1.39. The molecule has 0 radical (unpaired) electrons. The number of halogens is 1. The van der Waals surface area contributed by atoms with Crippen LogP contribution in [0.4, 0.5) is 4.39 Å². The first-order valence-electron chi connectivity index (χ1n) is 15.3. The summed E-state index contributed by atoms with van der Waals surface area (Å²) in [4.78, 5) is 27.7. The molecule has 8 nitrogen and oxygen atoms in total. The van der Waals surface area contributed by atoms with Gasteiger partial charge in [0, 0.05) is 41.6 Å². The lowest BCUT2D eigenvalue weighted by Crippen LogP contribution is -2.33. The molecule has 0 spiro atoms. The zero-order chi connectivity index (χ0) is 31.0. The Morgan fingerprint density at radius 1 is 1.02 bits per heavy atom. The van der Waals surface area contributed by atoms with E-state index >= 15 is 4.39 Å². The van der Waals surface area contributed by atoms with E-state index in [4.69, 9.17) is 4.74 Å². The normalized spacial score (nSPS) is 21.2. The van der Waals surface area contributed by atoms with E-state index in [2.05, 4.69) is 10.6 Å². The Hall–Kier alpha value is -3.76. The second kappa shape index (κ2) is 12.3. The van der Waals surface area contributed by atoms with E-state index in [1.54, 1.807) is 11.8 Å². The molecule has 10 heteroatoms. The van der Waals surface area contributed by atoms with Gasteiger partial charge >= 0.3 is 0 Å². The Balaban J connectivity index is 1.15. The van der Waals surface area contributed by atoms with Crippen molar-refractivity contribution in [3.8, 4) is 16.9 Å². The molecule has 44 heavy (non-hydrogen) atoms. The number of carbonyl (C=O) groups excluding carboxylic acids is 2. The SMILES string of the molecule is CCc1c(C(=O)N2CCOc3ccc(-c4ccc(C(=O)NC[C@@H]5C[C@H]6CNC[C@H]6C5)cc4)cc3C2)ccc(S(C)(=O)=O)c1F. The molecule has 3 aliphatic rings. The molecule has 3 atom stereocenters. The Morgan fingerprint density at radius 2 is 1.73 bits per heavy atom. The van der Waals surface area contributed by atoms with Gasteiger partial charge in [-0.1, -0.05) is 25.1 Å². The number of hydrogen-bond donors (Lipinski definition) is 2. The van der Waals surface area contributed by atoms with Gasteiger partial charge in [0.05, 0.1) is 6.54 Å². The molecule has 3 aromatic carbocycles. The fraction of sp³-hybridized carbons (Fsp3) is 0.412. The second-order valence-electron chi connectivity index (χ2n) is 12.2. The van der Waals surface area contributed by atoms with Crippen LogP contribution in [-0.4, -0.2) is 64.2 Å². The van der Waals surface area contributed by atoms with Crippen molar-refractivity contribution in [2.45, 2.75) is 37.6 Å². The van der Waals surface area contributed by atoms with Gasteiger partial charge in [0.2, 0.25) is 0 Å². The van der Waals surface area contributed by atoms with Crippen molar-refractivity contribution in [2.24, 2.45) is 17.8 Å². The minimum Gasteiger partial charge on any atom is -0.491 e. The summed E-state index contributed by atoms with van der Waals surface area (Å²) >= 11 is 0. The number of fused-ring (bicyclic) bond motifs is 2. The van der Waals surface area contributed by atoms with Crippen LogP contribution in [0, 0.1) is 23.6 Å². The maximum absolute atomic E-state index is 15.2. The van der Waals surface area contributed by atoms with E-state index in [-0.39, 0.29) is 42.5 Å². The van der Waals surface area contributed by atoms with Crippen molar-refractivity contribution < 1.29 is 27.1 Å². The molecule has 0 unspecified atom stereocenters. The van der Waals surface area contributed by atoms with E-state index in [1.807, 2.05) is 42.5 Å². The van der Waals surface area contributed by atoms with Crippen molar-refractivity contribution in [1.29, 1.82) is 0 Å². The van der Waals surface area contributed by atoms with Gasteiger partial charge in [0.25, 0.3) is 11.8 Å². The molecule has 2 aliphatic heterocycles. The highest BCUT2D eigenvalue weighted by atomic mass is 32.2. The number of ether oxygens (including phenoxy) is 1. The van der Waals surface area contributed by atoms with Crippen LogP contribution in [0.2, 0.25) is 0 Å². The highest BCUT2D eigenvalue weighted by molar-refractivity contribution is 7.90. The van der Waals surface area contributed by atoms with Crippen molar-refractivity contribution in [3.05, 3.63) is 82.7 Å². The molecular weight excluding hydrogens is 581 g/mol. The molecule has 1 saturated carbocycles. The van der Waals surface area contributed by atoms with E-state index in [1.165, 1.54) is 25.0 Å². The van der Waals surface area contributed by atoms with Crippen LogP contribution in [-0.2, 0) is 22.8 Å². The second-order valence-corrected chi connectivity index (χ2v) is 14.2. The van der Waals surface area contributed by atoms with Crippen molar-refractivity contribution in [2.75, 3.05) is 39.0 Å². The van der Waals surface area contributed by atoms with Crippen LogP contribution < -0.4 is 15.4 Å². The molecule has 2 fully saturated rings. The third-order valence-electron chi connectivity index (χ3n) is 9.30. The standard InChI is InChI=1S/C34H38FN3O5S/c1-3-28-29(9-11-31(32(28)35)44(2,41)42)34(40)38-12-13-43-30-10-8-24(16-27(30)20-38)22-4-6-23(7-5-22)33(39)37-17-21-14-25-18-36-19-26(25)15-21/h4-11,16,21,25-26,36H,3,12-15,17-20H2,1-2H3,(H,37,39)/t21-,25+,26-. The molecular formula is C34H38FN3O5S. The number of amides is 2. The van der Waals surface area contributed by atoms with Gasteiger partial charge in [-0.05, 0) is 97.6 Å². The van der Waals surface area contributed by atoms with Crippen molar-refractivity contribution in [3.63, 3.8) is 0 Å². The zero-order valence-electron chi connectivity index (χ0n) is 25.1. The largest absolute Gasteiger partial charge is 0.491 e. The summed E-state index contributed by atoms with van der Waals surface area (Å²) < 4.78 is 45.1. The quantitative estimate of drug-likeness (QED) is 0.405. The van der Waals surface area contributed by atoms with Crippen LogP contribution in [0.3, 0.4) is 0 Å². The van der Waals surface area contributed by atoms with Crippen LogP contribution in [0.15, 0.2) is 59.5 Å². The predicted octanol–water partition coefficient (Wildman–Crippen LogP) is 4.47. The Kier molecular flexibility index (Phi) is 8.48. The van der Waals surface area contributed by atoms with Gasteiger partial charge < -0.3 is 20.3 Å². The van der Waals surface area contributed by atoms with E-state index < -0.39 is 20.5 Å². The van der Waals surface area contributed by atoms with Gasteiger partial charge in [-0.2, -0.15) is 0 Å². The summed E-state index contributed by atoms with van der Waals surface area (Å²) in [5, 5.41) is 6.58. The zero-order valence-corrected chi connectivity index (χ0v) is 25.9. The molecule has 1 saturated heterocycles. The molecule has 0 bridgehead atoms. The number of benzene rings is 3. The van der Waals surface area contributed by atoms with Gasteiger partial charge in [-0.3, -0.25) is 9.59 Å². The van der Waals surface area contributed by atoms with E-state index in [0.29, 0.717) is 30.3 Å². The monoisotopic (exact) mass is 619 g/mol. The number of rotatable bonds is 7. The first-order valence-corrected chi connectivity index (χ1v) is 17.2. The van der Waals surface area contributed by atoms with E-state index in [9.17, 15) is 18.0 Å². The summed E-state index contributed by atoms with van der Waals surface area (Å²) in [6.45, 7) is 5.42. The van der Waals surface area contributed by atoms with Gasteiger partial charge in [0.1, 0.15) is 23.1 Å². The minimum atomic E-state index is -3.77. The third kappa shape index (κ3) is 6.10. The minimum absolute atomic E-state index is 0.0660. The average Bonchev–Trinajstić information content (AvgIpc) is 3.54. The molecule has 1 aliphatic carbocycles. The highest BCUT2D eigenvalue weighted by Crippen LogP contribution is 2.38. The summed E-state index contributed by atoms with van der Waals surface area (Å²) in [6, 6.07) is 15.9. The molecule has 0 aromatic heterocycles. The fourth-order valence-corrected chi connectivity index (χ4v) is 7.73. The smallest absolute Gasteiger partial charge is 0.254 e. The van der Waals surface area contributed by atoms with Gasteiger partial charge in [-0.25, -0.2) is 12.8 Å². The van der Waals surface area contributed by atoms with Gasteiger partial charge in [-0.15, -0.1) is 0 Å². The third-order valence-corrected chi connectivity index (χ3v) is 10.4. The number of carbonyl (C=O) groups is 2. The highest BCUT2D eigenvalue weighted by Gasteiger charge is 2.37. The lowest BCUT2D eigenvalue weighted by Gasteiger charge is -2.22. The van der Waals surface area contributed by atoms with Gasteiger partial charge in [0.15, 0.2) is 9.84 Å². The predicted molar refractivity (Wildman–Crippen MR) is 166 cm³/mol. The van der Waals surface area contributed by atoms with Crippen LogP contribution in [0.1, 0.15) is 51.6 Å². The molecule has 3 aromatic rings. The topological polar surface area (TPSA) is 105 Å². The Morgan fingerprint density at radius 3 is 2.41 bits per heavy atom. The van der Waals surface area contributed by atoms with Crippen LogP contribution in [0.25, 0.3) is 11.1 Å².